The fraction of sp³-hybridized carbons (Fsp3) is 0.875. The Labute approximate surface area is 66.8 Å². The van der Waals surface area contributed by atoms with E-state index >= 15 is 0 Å². The summed E-state index contributed by atoms with van der Waals surface area (Å²) in [5.41, 5.74) is 5.45. The van der Waals surface area contributed by atoms with Gasteiger partial charge in [0.25, 0.3) is 0 Å². The highest BCUT2D eigenvalue weighted by atomic mass is 15.2. The zero-order valence-corrected chi connectivity index (χ0v) is 6.58. The van der Waals surface area contributed by atoms with E-state index in [1.807, 2.05) is 0 Å². The molecule has 2 bridgehead atoms. The highest BCUT2D eigenvalue weighted by molar-refractivity contribution is 5.13. The first-order valence-electron chi connectivity index (χ1n) is 4.17. The van der Waals surface area contributed by atoms with Crippen LogP contribution < -0.4 is 5.73 Å². The third-order valence-corrected chi connectivity index (χ3v) is 3.05. The summed E-state index contributed by atoms with van der Waals surface area (Å²) >= 11 is 0. The van der Waals surface area contributed by atoms with Crippen molar-refractivity contribution in [2.24, 2.45) is 11.7 Å². The first-order valence-corrected chi connectivity index (χ1v) is 4.17. The second-order valence-electron chi connectivity index (χ2n) is 3.69. The molecule has 2 heterocycles. The smallest absolute Gasteiger partial charge is 0.109 e. The van der Waals surface area contributed by atoms with Gasteiger partial charge >= 0.3 is 0 Å². The summed E-state index contributed by atoms with van der Waals surface area (Å²) in [7, 11) is 0. The lowest BCUT2D eigenvalue weighted by Gasteiger charge is -2.33. The monoisotopic (exact) mass is 151 g/mol. The molecule has 3 unspecified atom stereocenters. The van der Waals surface area contributed by atoms with Gasteiger partial charge in [-0.3, -0.25) is 0 Å². The van der Waals surface area contributed by atoms with Crippen LogP contribution in [0.5, 0.6) is 0 Å². The van der Waals surface area contributed by atoms with Gasteiger partial charge in [0.2, 0.25) is 0 Å². The molecule has 0 radical (unpaired) electrons. The highest BCUT2D eigenvalue weighted by Gasteiger charge is 2.43. The Morgan fingerprint density at radius 2 is 2.36 bits per heavy atom. The third-order valence-electron chi connectivity index (χ3n) is 3.05. The van der Waals surface area contributed by atoms with Crippen molar-refractivity contribution >= 4 is 0 Å². The maximum Gasteiger partial charge on any atom is 0.109 e. The van der Waals surface area contributed by atoms with Crippen LogP contribution in [-0.2, 0) is 0 Å². The Hall–Kier alpha value is -0.590. The van der Waals surface area contributed by atoms with Crippen molar-refractivity contribution in [3.63, 3.8) is 0 Å². The molecule has 0 aromatic carbocycles. The molecule has 3 heteroatoms. The van der Waals surface area contributed by atoms with Crippen LogP contribution in [0.1, 0.15) is 12.8 Å². The molecule has 60 valence electrons. The van der Waals surface area contributed by atoms with Crippen molar-refractivity contribution in [1.29, 1.82) is 5.26 Å². The van der Waals surface area contributed by atoms with Crippen LogP contribution in [0, 0.1) is 17.2 Å². The van der Waals surface area contributed by atoms with Gasteiger partial charge in [0.05, 0.1) is 6.07 Å². The normalized spacial score (nSPS) is 48.7. The number of fused-ring (bicyclic) bond motifs is 2. The molecule has 0 aromatic heterocycles. The molecule has 0 aliphatic carbocycles. The van der Waals surface area contributed by atoms with E-state index in [-0.39, 0.29) is 0 Å². The van der Waals surface area contributed by atoms with Crippen LogP contribution in [0.2, 0.25) is 0 Å². The van der Waals surface area contributed by atoms with Crippen molar-refractivity contribution < 1.29 is 0 Å². The molecule has 2 aliphatic heterocycles. The lowest BCUT2D eigenvalue weighted by atomic mass is 9.81. The van der Waals surface area contributed by atoms with Gasteiger partial charge in [0, 0.05) is 19.0 Å². The minimum atomic E-state index is -0.507. The van der Waals surface area contributed by atoms with Crippen molar-refractivity contribution in [2.75, 3.05) is 19.6 Å². The lowest BCUT2D eigenvalue weighted by Crippen LogP contribution is -2.52. The molecule has 2 rings (SSSR count). The van der Waals surface area contributed by atoms with Gasteiger partial charge in [-0.25, -0.2) is 0 Å². The van der Waals surface area contributed by atoms with Crippen molar-refractivity contribution in [1.82, 2.24) is 4.90 Å². The average molecular weight is 151 g/mol. The van der Waals surface area contributed by atoms with E-state index in [2.05, 4.69) is 11.0 Å². The van der Waals surface area contributed by atoms with Crippen LogP contribution in [0.15, 0.2) is 0 Å². The maximum absolute atomic E-state index is 8.88. The van der Waals surface area contributed by atoms with Crippen LogP contribution >= 0.6 is 0 Å². The van der Waals surface area contributed by atoms with Crippen LogP contribution in [-0.4, -0.2) is 30.1 Å². The van der Waals surface area contributed by atoms with Gasteiger partial charge in [-0.1, -0.05) is 0 Å². The van der Waals surface area contributed by atoms with E-state index in [4.69, 9.17) is 11.0 Å². The van der Waals surface area contributed by atoms with Gasteiger partial charge in [-0.15, -0.1) is 0 Å². The van der Waals surface area contributed by atoms with Crippen LogP contribution in [0.3, 0.4) is 0 Å². The summed E-state index contributed by atoms with van der Waals surface area (Å²) in [5.74, 6) is 0.432. The fourth-order valence-electron chi connectivity index (χ4n) is 2.15. The molecule has 11 heavy (non-hydrogen) atoms. The second kappa shape index (κ2) is 2.20. The predicted molar refractivity (Wildman–Crippen MR) is 41.7 cm³/mol. The zero-order chi connectivity index (χ0) is 7.90. The van der Waals surface area contributed by atoms with Crippen molar-refractivity contribution in [3.05, 3.63) is 0 Å². The molecule has 0 aromatic rings. The minimum absolute atomic E-state index is 0.432. The van der Waals surface area contributed by atoms with Crippen molar-refractivity contribution in [3.8, 4) is 6.07 Å². The van der Waals surface area contributed by atoms with Gasteiger partial charge in [0.15, 0.2) is 0 Å². The number of nitrogens with zero attached hydrogens (tertiary/aromatic N) is 2. The molecule has 2 saturated heterocycles. The zero-order valence-electron chi connectivity index (χ0n) is 6.58. The number of piperidine rings is 1. The number of nitriles is 1. The summed E-state index contributed by atoms with van der Waals surface area (Å²) in [6, 6.07) is 2.26. The SMILES string of the molecule is N#CC1(N)CCN2CCC1C2. The topological polar surface area (TPSA) is 53.1 Å². The predicted octanol–water partition coefficient (Wildman–Crippen LogP) is -0.0669. The molecular weight excluding hydrogens is 138 g/mol. The van der Waals surface area contributed by atoms with Crippen LogP contribution in [0.4, 0.5) is 0 Å². The average Bonchev–Trinajstić information content (AvgIpc) is 2.44. The third kappa shape index (κ3) is 0.943. The molecule has 3 atom stereocenters. The molecule has 0 saturated carbocycles. The van der Waals surface area contributed by atoms with E-state index in [1.54, 1.807) is 0 Å². The number of hydrogen-bond donors (Lipinski definition) is 1. The summed E-state index contributed by atoms with van der Waals surface area (Å²) in [5, 5.41) is 8.88. The van der Waals surface area contributed by atoms with E-state index in [0.29, 0.717) is 5.92 Å². The first-order chi connectivity index (χ1) is 5.24. The molecule has 2 N–H and O–H groups in total. The molecule has 2 fully saturated rings. The lowest BCUT2D eigenvalue weighted by molar-refractivity contribution is 0.208. The largest absolute Gasteiger partial charge is 0.313 e. The second-order valence-corrected chi connectivity index (χ2v) is 3.69. The maximum atomic E-state index is 8.88. The van der Waals surface area contributed by atoms with E-state index in [1.165, 1.54) is 0 Å². The Morgan fingerprint density at radius 3 is 3.09 bits per heavy atom. The molecular formula is C8H13N3. The number of nitrogens with two attached hydrogens (primary N) is 1. The summed E-state index contributed by atoms with van der Waals surface area (Å²) in [4.78, 5) is 2.40. The van der Waals surface area contributed by atoms with Crippen molar-refractivity contribution in [2.45, 2.75) is 18.4 Å². The quantitative estimate of drug-likeness (QED) is 0.527. The van der Waals surface area contributed by atoms with Gasteiger partial charge in [-0.2, -0.15) is 5.26 Å². The van der Waals surface area contributed by atoms with Crippen LogP contribution in [0.25, 0.3) is 0 Å². The van der Waals surface area contributed by atoms with Gasteiger partial charge < -0.3 is 10.6 Å². The molecule has 2 aliphatic rings. The van der Waals surface area contributed by atoms with Gasteiger partial charge in [-0.05, 0) is 19.4 Å². The molecule has 0 spiro atoms. The standard InChI is InChI=1S/C8H13N3/c9-6-8(10)2-4-11-3-1-7(8)5-11/h7H,1-5,10H2. The fourth-order valence-corrected chi connectivity index (χ4v) is 2.15. The number of hydrogen-bond acceptors (Lipinski definition) is 3. The Bertz CT molecular complexity index is 208. The summed E-state index contributed by atoms with van der Waals surface area (Å²) < 4.78 is 0. The summed E-state index contributed by atoms with van der Waals surface area (Å²) in [6.45, 7) is 3.20. The van der Waals surface area contributed by atoms with Gasteiger partial charge in [0.1, 0.15) is 5.54 Å². The Morgan fingerprint density at radius 1 is 1.55 bits per heavy atom. The Balaban J connectivity index is 2.20. The Kier molecular flexibility index (Phi) is 1.41. The van der Waals surface area contributed by atoms with E-state index in [9.17, 15) is 0 Å². The minimum Gasteiger partial charge on any atom is -0.313 e. The highest BCUT2D eigenvalue weighted by Crippen LogP contribution is 2.32. The van der Waals surface area contributed by atoms with E-state index < -0.39 is 5.54 Å². The molecule has 0 amide bonds. The number of rotatable bonds is 0. The molecule has 3 nitrogen and oxygen atoms in total. The first kappa shape index (κ1) is 7.08. The van der Waals surface area contributed by atoms with E-state index in [0.717, 1.165) is 32.5 Å². The summed E-state index contributed by atoms with van der Waals surface area (Å²) in [6.07, 6.45) is 1.97.